The van der Waals surface area contributed by atoms with Gasteiger partial charge in [-0.2, -0.15) is 0 Å². The Morgan fingerprint density at radius 3 is 1.17 bits per heavy atom. The number of aliphatic hydroxyl groups excluding tert-OH is 2. The number of hydrogen-bond acceptors (Lipinski definition) is 10. The number of carbonyl (C=O) groups excluding carboxylic acids is 4. The molecule has 2 atom stereocenters. The predicted octanol–water partition coefficient (Wildman–Crippen LogP) is -4.03. The number of aliphatic carboxylic acids is 2. The first-order valence-corrected chi connectivity index (χ1v) is 5.41. The second-order valence-electron chi connectivity index (χ2n) is 3.71. The minimum atomic E-state index is -2.22. The summed E-state index contributed by atoms with van der Waals surface area (Å²) < 4.78 is 7.86. The molecule has 0 aromatic carbocycles. The number of hydrogen-bond donors (Lipinski definition) is 2. The molecule has 0 spiro atoms. The molecule has 0 aliphatic carbocycles. The summed E-state index contributed by atoms with van der Waals surface area (Å²) in [7, 11) is 0. The van der Waals surface area contributed by atoms with Crippen LogP contribution in [0.25, 0.3) is 0 Å². The number of carboxylic acid groups (broad SMARTS) is 2. The Bertz CT molecular complexity index is 440. The van der Waals surface area contributed by atoms with Crippen LogP contribution in [0.15, 0.2) is 24.3 Å². The number of carbonyl (C=O) groups is 4. The molecule has 0 aliphatic rings. The van der Waals surface area contributed by atoms with Crippen molar-refractivity contribution in [3.63, 3.8) is 0 Å². The van der Waals surface area contributed by atoms with Crippen LogP contribution in [-0.4, -0.2) is 69.7 Å². The van der Waals surface area contributed by atoms with E-state index in [-0.39, 0.29) is 34.2 Å². The minimum Gasteiger partial charge on any atom is -0.544 e. The van der Waals surface area contributed by atoms with E-state index >= 15 is 0 Å². The molecule has 0 fully saturated rings. The van der Waals surface area contributed by atoms with Crippen molar-refractivity contribution in [2.24, 2.45) is 0 Å². The molecule has 0 aromatic rings. The fraction of sp³-hybridized carbons (Fsp3) is 0.333. The van der Waals surface area contributed by atoms with Crippen LogP contribution >= 0.6 is 0 Å². The molecule has 11 heteroatoms. The molecule has 0 radical (unpaired) electrons. The van der Waals surface area contributed by atoms with Gasteiger partial charge in [0.05, 0.1) is 0 Å². The average molecular weight is 343 g/mol. The van der Waals surface area contributed by atoms with Crippen LogP contribution < -0.4 is 10.2 Å². The van der Waals surface area contributed by atoms with Gasteiger partial charge in [-0.05, 0) is 13.8 Å². The zero-order chi connectivity index (χ0) is 18.0. The number of aliphatic hydroxyl groups is 2. The maximum atomic E-state index is 10.5. The van der Waals surface area contributed by atoms with E-state index in [2.05, 4.69) is 22.6 Å². The number of ether oxygens (including phenoxy) is 2. The topological polar surface area (TPSA) is 173 Å². The second-order valence-corrected chi connectivity index (χ2v) is 3.71. The summed E-state index contributed by atoms with van der Waals surface area (Å²) in [6, 6.07) is 0. The van der Waals surface area contributed by atoms with Crippen LogP contribution in [0, 0.1) is 0 Å². The third-order valence-corrected chi connectivity index (χ3v) is 1.54. The van der Waals surface area contributed by atoms with E-state index in [0.717, 1.165) is 0 Å². The van der Waals surface area contributed by atoms with E-state index in [1.165, 1.54) is 13.8 Å². The summed E-state index contributed by atoms with van der Waals surface area (Å²) in [5.41, 5.74) is 0.00981. The Morgan fingerprint density at radius 1 is 0.826 bits per heavy atom. The normalized spacial score (nSPS) is 11.3. The quantitative estimate of drug-likeness (QED) is 0.209. The molecule has 0 rings (SSSR count). The molecule has 0 saturated heterocycles. The molecule has 2 N–H and O–H groups in total. The molecule has 0 bridgehead atoms. The van der Waals surface area contributed by atoms with Crippen molar-refractivity contribution in [1.82, 2.24) is 0 Å². The molecule has 0 saturated carbocycles. The van der Waals surface area contributed by atoms with Crippen molar-refractivity contribution in [3.8, 4) is 0 Å². The fourth-order valence-corrected chi connectivity index (χ4v) is 0.500. The predicted molar refractivity (Wildman–Crippen MR) is 69.6 cm³/mol. The molecule has 23 heavy (non-hydrogen) atoms. The van der Waals surface area contributed by atoms with Gasteiger partial charge in [-0.15, -0.1) is 0 Å². The van der Waals surface area contributed by atoms with Crippen molar-refractivity contribution in [2.45, 2.75) is 26.4 Å². The SMILES string of the molecule is C=C(C)C(=O)OC(O)C(=O)[O-].C=C(C)C(=O)OC(O)C(=O)[O-].[Mg+2]. The second kappa shape index (κ2) is 12.6. The van der Waals surface area contributed by atoms with E-state index in [1.54, 1.807) is 0 Å². The first kappa shape index (κ1) is 26.0. The third-order valence-electron chi connectivity index (χ3n) is 1.54. The zero-order valence-corrected chi connectivity index (χ0v) is 13.9. The third kappa shape index (κ3) is 13.4. The van der Waals surface area contributed by atoms with Crippen LogP contribution in [-0.2, 0) is 28.7 Å². The Kier molecular flexibility index (Phi) is 14.2. The standard InChI is InChI=1S/2C6H8O5.Mg/c2*1-3(2)5(9)11-6(10)4(7)8;/h2*6,10H,1H2,2H3,(H,7,8);/q;;+2/p-2. The van der Waals surface area contributed by atoms with Crippen LogP contribution in [0.1, 0.15) is 13.8 Å². The van der Waals surface area contributed by atoms with Crippen LogP contribution in [0.5, 0.6) is 0 Å². The van der Waals surface area contributed by atoms with Gasteiger partial charge in [0.1, 0.15) is 11.9 Å². The van der Waals surface area contributed by atoms with Gasteiger partial charge in [0.15, 0.2) is 0 Å². The Balaban J connectivity index is -0.000000333. The largest absolute Gasteiger partial charge is 2.00 e. The van der Waals surface area contributed by atoms with Gasteiger partial charge < -0.3 is 39.5 Å². The minimum absolute atomic E-state index is 0. The molecule has 0 amide bonds. The molecular formula is C12H14MgO10. The van der Waals surface area contributed by atoms with E-state index in [0.29, 0.717) is 0 Å². The molecule has 0 aromatic heterocycles. The first-order valence-electron chi connectivity index (χ1n) is 5.41. The van der Waals surface area contributed by atoms with Crippen molar-refractivity contribution >= 4 is 46.9 Å². The van der Waals surface area contributed by atoms with Gasteiger partial charge in [0, 0.05) is 11.1 Å². The smallest absolute Gasteiger partial charge is 0.544 e. The van der Waals surface area contributed by atoms with Gasteiger partial charge >= 0.3 is 35.0 Å². The van der Waals surface area contributed by atoms with E-state index in [4.69, 9.17) is 10.2 Å². The van der Waals surface area contributed by atoms with Gasteiger partial charge in [-0.25, -0.2) is 9.59 Å². The Labute approximate surface area is 147 Å². The van der Waals surface area contributed by atoms with Crippen molar-refractivity contribution in [3.05, 3.63) is 24.3 Å². The maximum absolute atomic E-state index is 10.5. The fourth-order valence-electron chi connectivity index (χ4n) is 0.500. The van der Waals surface area contributed by atoms with E-state index < -0.39 is 36.5 Å². The number of esters is 2. The Hall–Kier alpha value is -1.95. The first-order chi connectivity index (χ1) is 9.89. The van der Waals surface area contributed by atoms with Crippen molar-refractivity contribution < 1.29 is 49.1 Å². The molecule has 124 valence electrons. The average Bonchev–Trinajstić information content (AvgIpc) is 2.38. The van der Waals surface area contributed by atoms with E-state index in [1.807, 2.05) is 0 Å². The summed E-state index contributed by atoms with van der Waals surface area (Å²) >= 11 is 0. The summed E-state index contributed by atoms with van der Waals surface area (Å²) in [6.45, 7) is 8.98. The molecule has 0 aliphatic heterocycles. The van der Waals surface area contributed by atoms with Gasteiger partial charge in [0.25, 0.3) is 0 Å². The van der Waals surface area contributed by atoms with Crippen LogP contribution in [0.3, 0.4) is 0 Å². The number of carboxylic acids is 2. The Morgan fingerprint density at radius 2 is 1.04 bits per heavy atom. The number of rotatable bonds is 6. The molecule has 0 heterocycles. The summed E-state index contributed by atoms with van der Waals surface area (Å²) in [5.74, 6) is -5.66. The van der Waals surface area contributed by atoms with E-state index in [9.17, 15) is 29.4 Å². The van der Waals surface area contributed by atoms with Gasteiger partial charge in [-0.3, -0.25) is 0 Å². The molecule has 10 nitrogen and oxygen atoms in total. The monoisotopic (exact) mass is 342 g/mol. The van der Waals surface area contributed by atoms with Crippen molar-refractivity contribution in [1.29, 1.82) is 0 Å². The summed E-state index contributed by atoms with van der Waals surface area (Å²) in [5, 5.41) is 36.4. The van der Waals surface area contributed by atoms with Crippen LogP contribution in [0.2, 0.25) is 0 Å². The molecular weight excluding hydrogens is 328 g/mol. The zero-order valence-electron chi connectivity index (χ0n) is 12.4. The summed E-state index contributed by atoms with van der Waals surface area (Å²) in [6.07, 6.45) is -4.45. The van der Waals surface area contributed by atoms with Crippen LogP contribution in [0.4, 0.5) is 0 Å². The maximum Gasteiger partial charge on any atom is 2.00 e. The summed E-state index contributed by atoms with van der Waals surface area (Å²) in [4.78, 5) is 40.5. The molecule has 2 unspecified atom stereocenters. The van der Waals surface area contributed by atoms with Gasteiger partial charge in [-0.1, -0.05) is 13.2 Å². The van der Waals surface area contributed by atoms with Crippen molar-refractivity contribution in [2.75, 3.05) is 0 Å². The van der Waals surface area contributed by atoms with Gasteiger partial charge in [0.2, 0.25) is 12.6 Å².